The molecule has 0 fully saturated rings. The molecule has 1 aliphatic heterocycles. The zero-order valence-corrected chi connectivity index (χ0v) is 17.0. The Kier molecular flexibility index (Phi) is 5.58. The minimum absolute atomic E-state index is 0.122. The number of benzene rings is 2. The van der Waals surface area contributed by atoms with Gasteiger partial charge < -0.3 is 9.47 Å². The molecule has 1 aliphatic rings. The van der Waals surface area contributed by atoms with Crippen LogP contribution in [0.25, 0.3) is 0 Å². The summed E-state index contributed by atoms with van der Waals surface area (Å²) >= 11 is 0. The van der Waals surface area contributed by atoms with Gasteiger partial charge in [-0.15, -0.1) is 0 Å². The maximum atomic E-state index is 13.0. The minimum atomic E-state index is -3.89. The van der Waals surface area contributed by atoms with Crippen LogP contribution in [-0.4, -0.2) is 20.5 Å². The number of carbonyl (C=O) groups is 1. The monoisotopic (exact) mass is 401 g/mol. The second kappa shape index (κ2) is 7.77. The number of esters is 1. The maximum Gasteiger partial charge on any atom is 0.339 e. The summed E-state index contributed by atoms with van der Waals surface area (Å²) in [6, 6.07) is 12.6. The number of para-hydroxylation sites is 1. The number of ether oxygens (including phenoxy) is 2. The summed E-state index contributed by atoms with van der Waals surface area (Å²) in [6.07, 6.45) is -0.348. The highest BCUT2D eigenvalue weighted by molar-refractivity contribution is 7.89. The van der Waals surface area contributed by atoms with E-state index in [0.29, 0.717) is 17.1 Å². The molecule has 148 valence electrons. The Balaban J connectivity index is 2.05. The second-order valence-electron chi connectivity index (χ2n) is 6.93. The van der Waals surface area contributed by atoms with Crippen LogP contribution in [0.1, 0.15) is 37.9 Å². The van der Waals surface area contributed by atoms with Crippen molar-refractivity contribution in [3.05, 3.63) is 71.0 Å². The third-order valence-corrected chi connectivity index (χ3v) is 5.77. The molecule has 6 nitrogen and oxygen atoms in total. The van der Waals surface area contributed by atoms with E-state index in [0.717, 1.165) is 5.56 Å². The number of nitrogens with one attached hydrogen (secondary N) is 1. The lowest BCUT2D eigenvalue weighted by Crippen LogP contribution is -2.36. The normalized spacial score (nSPS) is 16.5. The fourth-order valence-corrected chi connectivity index (χ4v) is 4.18. The summed E-state index contributed by atoms with van der Waals surface area (Å²) in [5.41, 5.74) is 1.65. The first kappa shape index (κ1) is 20.1. The van der Waals surface area contributed by atoms with Gasteiger partial charge in [0.1, 0.15) is 11.5 Å². The number of sulfonamides is 1. The van der Waals surface area contributed by atoms with E-state index in [4.69, 9.17) is 9.47 Å². The number of allylic oxidation sites excluding steroid dienone is 1. The Labute approximate surface area is 165 Å². The van der Waals surface area contributed by atoms with Crippen molar-refractivity contribution in [1.82, 2.24) is 4.72 Å². The average Bonchev–Trinajstić information content (AvgIpc) is 2.61. The van der Waals surface area contributed by atoms with Crippen molar-refractivity contribution in [3.8, 4) is 5.75 Å². The second-order valence-corrected chi connectivity index (χ2v) is 8.65. The first-order valence-corrected chi connectivity index (χ1v) is 10.4. The molecule has 1 atom stereocenters. The molecule has 0 spiro atoms. The summed E-state index contributed by atoms with van der Waals surface area (Å²) in [6.45, 7) is 6.97. The van der Waals surface area contributed by atoms with Gasteiger partial charge in [-0.1, -0.05) is 35.9 Å². The molecule has 2 aromatic rings. The van der Waals surface area contributed by atoms with Crippen LogP contribution in [0.3, 0.4) is 0 Å². The Morgan fingerprint density at radius 3 is 2.36 bits per heavy atom. The van der Waals surface area contributed by atoms with Crippen molar-refractivity contribution in [2.45, 2.75) is 44.7 Å². The lowest BCUT2D eigenvalue weighted by molar-refractivity contribution is -0.143. The molecule has 0 saturated carbocycles. The van der Waals surface area contributed by atoms with E-state index in [-0.39, 0.29) is 16.6 Å². The Hall–Kier alpha value is -2.64. The van der Waals surface area contributed by atoms with Crippen LogP contribution in [-0.2, 0) is 19.6 Å². The number of hydrogen-bond donors (Lipinski definition) is 1. The van der Waals surface area contributed by atoms with E-state index in [1.165, 1.54) is 12.1 Å². The molecule has 2 aromatic carbocycles. The van der Waals surface area contributed by atoms with E-state index in [1.54, 1.807) is 57.2 Å². The van der Waals surface area contributed by atoms with E-state index < -0.39 is 22.0 Å². The maximum absolute atomic E-state index is 13.0. The minimum Gasteiger partial charge on any atom is -0.461 e. The molecule has 0 aliphatic carbocycles. The van der Waals surface area contributed by atoms with E-state index >= 15 is 0 Å². The number of fused-ring (bicyclic) bond motifs is 1. The molecule has 3 rings (SSSR count). The van der Waals surface area contributed by atoms with Gasteiger partial charge in [-0.25, -0.2) is 13.2 Å². The topological polar surface area (TPSA) is 81.7 Å². The van der Waals surface area contributed by atoms with Gasteiger partial charge in [0.05, 0.1) is 22.6 Å². The quantitative estimate of drug-likeness (QED) is 0.774. The van der Waals surface area contributed by atoms with Gasteiger partial charge in [-0.3, -0.25) is 0 Å². The average molecular weight is 401 g/mol. The highest BCUT2D eigenvalue weighted by atomic mass is 32.2. The summed E-state index contributed by atoms with van der Waals surface area (Å²) < 4.78 is 39.7. The predicted molar refractivity (Wildman–Crippen MR) is 105 cm³/mol. The zero-order valence-electron chi connectivity index (χ0n) is 16.2. The van der Waals surface area contributed by atoms with Crippen molar-refractivity contribution in [3.63, 3.8) is 0 Å². The molecule has 28 heavy (non-hydrogen) atoms. The predicted octanol–water partition coefficient (Wildman–Crippen LogP) is 3.63. The molecular formula is C21H23NO5S. The third kappa shape index (κ3) is 4.10. The number of aryl methyl sites for hydroxylation is 1. The van der Waals surface area contributed by atoms with Crippen LogP contribution in [0.2, 0.25) is 0 Å². The summed E-state index contributed by atoms with van der Waals surface area (Å²) in [4.78, 5) is 12.8. The van der Waals surface area contributed by atoms with Crippen LogP contribution in [0.15, 0.2) is 64.8 Å². The van der Waals surface area contributed by atoms with Crippen molar-refractivity contribution in [1.29, 1.82) is 0 Å². The third-order valence-electron chi connectivity index (χ3n) is 4.33. The highest BCUT2D eigenvalue weighted by Crippen LogP contribution is 2.39. The van der Waals surface area contributed by atoms with Gasteiger partial charge in [0.25, 0.3) is 0 Å². The molecule has 0 amide bonds. The highest BCUT2D eigenvalue weighted by Gasteiger charge is 2.36. The number of rotatable bonds is 5. The van der Waals surface area contributed by atoms with Crippen LogP contribution in [0, 0.1) is 6.92 Å². The van der Waals surface area contributed by atoms with Crippen LogP contribution >= 0.6 is 0 Å². The lowest BCUT2D eigenvalue weighted by atomic mass is 9.95. The standard InChI is InChI=1S/C21H23NO5S/c1-13(2)26-21(23)19-15(4)27-18-8-6-5-7-17(18)20(19)22-28(24,25)16-11-9-14(3)10-12-16/h5-13,20,22H,1-4H3/t20-/m1/s1. The van der Waals surface area contributed by atoms with Gasteiger partial charge in [0.2, 0.25) is 10.0 Å². The fraction of sp³-hybridized carbons (Fsp3) is 0.286. The summed E-state index contributed by atoms with van der Waals surface area (Å²) in [5.74, 6) is 0.192. The largest absolute Gasteiger partial charge is 0.461 e. The molecular weight excluding hydrogens is 378 g/mol. The number of hydrogen-bond acceptors (Lipinski definition) is 5. The molecule has 0 saturated heterocycles. The summed E-state index contributed by atoms with van der Waals surface area (Å²) in [5, 5.41) is 0. The van der Waals surface area contributed by atoms with Crippen LogP contribution in [0.5, 0.6) is 5.75 Å². The Morgan fingerprint density at radius 2 is 1.71 bits per heavy atom. The zero-order chi connectivity index (χ0) is 20.5. The molecule has 1 N–H and O–H groups in total. The number of carbonyl (C=O) groups excluding carboxylic acids is 1. The van der Waals surface area contributed by atoms with E-state index in [1.807, 2.05) is 6.92 Å². The van der Waals surface area contributed by atoms with E-state index in [9.17, 15) is 13.2 Å². The van der Waals surface area contributed by atoms with Crippen molar-refractivity contribution < 1.29 is 22.7 Å². The van der Waals surface area contributed by atoms with Crippen molar-refractivity contribution in [2.24, 2.45) is 0 Å². The van der Waals surface area contributed by atoms with Crippen molar-refractivity contribution in [2.75, 3.05) is 0 Å². The first-order valence-electron chi connectivity index (χ1n) is 8.96. The van der Waals surface area contributed by atoms with Crippen LogP contribution in [0.4, 0.5) is 0 Å². The molecule has 7 heteroatoms. The first-order chi connectivity index (χ1) is 13.2. The Morgan fingerprint density at radius 1 is 1.07 bits per heavy atom. The van der Waals surface area contributed by atoms with Gasteiger partial charge in [0, 0.05) is 5.56 Å². The van der Waals surface area contributed by atoms with Gasteiger partial charge >= 0.3 is 5.97 Å². The van der Waals surface area contributed by atoms with E-state index in [2.05, 4.69) is 4.72 Å². The molecule has 1 heterocycles. The van der Waals surface area contributed by atoms with Crippen LogP contribution < -0.4 is 9.46 Å². The Bertz CT molecular complexity index is 1020. The fourth-order valence-electron chi connectivity index (χ4n) is 2.99. The van der Waals surface area contributed by atoms with Crippen molar-refractivity contribution >= 4 is 16.0 Å². The van der Waals surface area contributed by atoms with Gasteiger partial charge in [-0.05, 0) is 45.9 Å². The SMILES string of the molecule is CC1=C(C(=O)OC(C)C)[C@H](NS(=O)(=O)c2ccc(C)cc2)c2ccccc2O1. The molecule has 0 bridgehead atoms. The molecule has 0 aromatic heterocycles. The van der Waals surface area contributed by atoms with Gasteiger partial charge in [-0.2, -0.15) is 4.72 Å². The molecule has 0 radical (unpaired) electrons. The molecule has 0 unspecified atom stereocenters. The van der Waals surface area contributed by atoms with Gasteiger partial charge in [0.15, 0.2) is 0 Å². The summed E-state index contributed by atoms with van der Waals surface area (Å²) in [7, 11) is -3.89. The smallest absolute Gasteiger partial charge is 0.339 e. The lowest BCUT2D eigenvalue weighted by Gasteiger charge is -2.29.